The van der Waals surface area contributed by atoms with Crippen LogP contribution in [0, 0.1) is 0 Å². The molecule has 0 unspecified atom stereocenters. The monoisotopic (exact) mass is 562 g/mol. The maximum atomic E-state index is 13.9. The molecule has 3 aromatic rings. The summed E-state index contributed by atoms with van der Waals surface area (Å²) in [5, 5.41) is 0.718. The van der Waals surface area contributed by atoms with Gasteiger partial charge in [0, 0.05) is 82.4 Å². The maximum absolute atomic E-state index is 13.9. The van der Waals surface area contributed by atoms with Crippen LogP contribution in [0.2, 0.25) is 5.02 Å². The van der Waals surface area contributed by atoms with Gasteiger partial charge in [0.05, 0.1) is 0 Å². The molecule has 0 aromatic heterocycles. The first-order valence-electron chi connectivity index (χ1n) is 13.8. The van der Waals surface area contributed by atoms with E-state index in [-0.39, 0.29) is 18.4 Å². The van der Waals surface area contributed by atoms with Crippen molar-refractivity contribution in [2.75, 3.05) is 63.8 Å². The van der Waals surface area contributed by atoms with E-state index in [2.05, 4.69) is 17.0 Å². The van der Waals surface area contributed by atoms with E-state index in [1.54, 1.807) is 0 Å². The molecule has 8 heteroatoms. The second-order valence-corrected chi connectivity index (χ2v) is 10.8. The van der Waals surface area contributed by atoms with Crippen LogP contribution in [0.3, 0.4) is 0 Å². The summed E-state index contributed by atoms with van der Waals surface area (Å²) >= 11 is 6.11. The van der Waals surface area contributed by atoms with Crippen LogP contribution in [-0.2, 0) is 22.6 Å². The topological polar surface area (TPSA) is 56.3 Å². The average Bonchev–Trinajstić information content (AvgIpc) is 2.95. The molecule has 212 valence electrons. The number of nitrogens with zero attached hydrogens (tertiary/aromatic N) is 4. The third-order valence-corrected chi connectivity index (χ3v) is 7.44. The second kappa shape index (κ2) is 14.3. The lowest BCUT2D eigenvalue weighted by Gasteiger charge is -2.32. The summed E-state index contributed by atoms with van der Waals surface area (Å²) in [6, 6.07) is 23.5. The highest BCUT2D eigenvalue weighted by atomic mass is 35.5. The minimum Gasteiger partial charge on any atom is -0.378 e. The van der Waals surface area contributed by atoms with Gasteiger partial charge in [-0.15, -0.1) is 0 Å². The van der Waals surface area contributed by atoms with Gasteiger partial charge in [-0.3, -0.25) is 14.5 Å². The van der Waals surface area contributed by atoms with Crippen LogP contribution in [0.4, 0.5) is 11.4 Å². The Bertz CT molecular complexity index is 1280. The van der Waals surface area contributed by atoms with Crippen molar-refractivity contribution in [3.05, 3.63) is 94.5 Å². The van der Waals surface area contributed by atoms with Crippen LogP contribution in [-0.4, -0.2) is 75.6 Å². The molecule has 2 amide bonds. The molecule has 1 aliphatic rings. The van der Waals surface area contributed by atoms with E-state index in [4.69, 9.17) is 16.3 Å². The van der Waals surface area contributed by atoms with Crippen molar-refractivity contribution in [1.82, 2.24) is 9.80 Å². The summed E-state index contributed by atoms with van der Waals surface area (Å²) < 4.78 is 5.22. The molecule has 0 atom stereocenters. The van der Waals surface area contributed by atoms with Crippen LogP contribution >= 0.6 is 11.6 Å². The van der Waals surface area contributed by atoms with Crippen molar-refractivity contribution in [2.45, 2.75) is 25.9 Å². The lowest BCUT2D eigenvalue weighted by molar-refractivity contribution is -0.122. The number of hydrogen-bond donors (Lipinski definition) is 0. The number of carbonyl (C=O) groups is 2. The minimum absolute atomic E-state index is 0.00277. The number of rotatable bonds is 6. The zero-order chi connectivity index (χ0) is 28.5. The molecule has 0 radical (unpaired) electrons. The van der Waals surface area contributed by atoms with Gasteiger partial charge >= 0.3 is 0 Å². The predicted molar refractivity (Wildman–Crippen MR) is 162 cm³/mol. The number of para-hydroxylation sites is 1. The van der Waals surface area contributed by atoms with Gasteiger partial charge in [-0.05, 0) is 60.4 Å². The number of carbonyl (C=O) groups excluding carboxylic acids is 2. The highest BCUT2D eigenvalue weighted by Gasteiger charge is 2.24. The van der Waals surface area contributed by atoms with Crippen molar-refractivity contribution < 1.29 is 14.3 Å². The Hall–Kier alpha value is -3.39. The molecule has 0 N–H and O–H groups in total. The quantitative estimate of drug-likeness (QED) is 0.407. The molecule has 7 nitrogen and oxygen atoms in total. The smallest absolute Gasteiger partial charge is 0.254 e. The van der Waals surface area contributed by atoms with Crippen molar-refractivity contribution >= 4 is 34.8 Å². The van der Waals surface area contributed by atoms with E-state index in [1.165, 1.54) is 12.7 Å². The fourth-order valence-corrected chi connectivity index (χ4v) is 5.23. The van der Waals surface area contributed by atoms with Crippen molar-refractivity contribution in [1.29, 1.82) is 0 Å². The number of hydrogen-bond acceptors (Lipinski definition) is 5. The first kappa shape index (κ1) is 29.6. The number of fused-ring (bicyclic) bond motifs is 1. The molecule has 3 aromatic carbocycles. The van der Waals surface area contributed by atoms with E-state index in [9.17, 15) is 9.59 Å². The van der Waals surface area contributed by atoms with Crippen molar-refractivity contribution in [3.8, 4) is 0 Å². The fourth-order valence-electron chi connectivity index (χ4n) is 5.10. The van der Waals surface area contributed by atoms with Gasteiger partial charge in [0.25, 0.3) is 11.8 Å². The summed E-state index contributed by atoms with van der Waals surface area (Å²) in [6.07, 6.45) is 1.65. The summed E-state index contributed by atoms with van der Waals surface area (Å²) in [5.74, 6) is -0.109. The number of amides is 2. The van der Waals surface area contributed by atoms with E-state index in [0.29, 0.717) is 25.2 Å². The molecule has 40 heavy (non-hydrogen) atoms. The number of methoxy groups -OCH3 is 1. The zero-order valence-electron chi connectivity index (χ0n) is 23.7. The molecule has 0 fully saturated rings. The molecule has 0 aliphatic carbocycles. The predicted octanol–water partition coefficient (Wildman–Crippen LogP) is 5.32. The summed E-state index contributed by atoms with van der Waals surface area (Å²) in [4.78, 5) is 35.2. The van der Waals surface area contributed by atoms with Gasteiger partial charge < -0.3 is 19.4 Å². The molecule has 0 saturated carbocycles. The normalized spacial score (nSPS) is 15.1. The van der Waals surface area contributed by atoms with Crippen molar-refractivity contribution in [2.24, 2.45) is 0 Å². The molecule has 1 aliphatic heterocycles. The van der Waals surface area contributed by atoms with Gasteiger partial charge in [-0.2, -0.15) is 0 Å². The molecule has 0 spiro atoms. The highest BCUT2D eigenvalue weighted by molar-refractivity contribution is 6.30. The SMILES string of the molecule is COCC(=O)N1CCCN(Cc2ccc(Cl)cc2)CCCN(C(=O)c2cccc(N(C)C)c2)Cc2ccccc21. The van der Waals surface area contributed by atoms with Crippen LogP contribution < -0.4 is 9.80 Å². The third kappa shape index (κ3) is 7.84. The molecular weight excluding hydrogens is 524 g/mol. The van der Waals surface area contributed by atoms with E-state index < -0.39 is 0 Å². The number of anilines is 2. The van der Waals surface area contributed by atoms with Gasteiger partial charge in [0.15, 0.2) is 0 Å². The maximum Gasteiger partial charge on any atom is 0.254 e. The number of ether oxygens (including phenoxy) is 1. The Kier molecular flexibility index (Phi) is 10.6. The van der Waals surface area contributed by atoms with Gasteiger partial charge in [-0.1, -0.05) is 48.0 Å². The summed E-state index contributed by atoms with van der Waals surface area (Å²) in [7, 11) is 5.48. The van der Waals surface area contributed by atoms with Crippen LogP contribution in [0.15, 0.2) is 72.8 Å². The number of benzene rings is 3. The van der Waals surface area contributed by atoms with Gasteiger partial charge in [0.2, 0.25) is 0 Å². The first-order chi connectivity index (χ1) is 19.4. The van der Waals surface area contributed by atoms with Crippen molar-refractivity contribution in [3.63, 3.8) is 0 Å². The summed E-state index contributed by atoms with van der Waals surface area (Å²) in [5.41, 5.74) is 4.59. The molecule has 0 saturated heterocycles. The standard InChI is InChI=1S/C32H39ClN4O3/c1-34(2)29-11-6-10-26(21-29)32(39)36-19-7-17-35(22-25-13-15-28(33)16-14-25)18-8-20-37(31(38)24-40-3)30-12-5-4-9-27(30)23-36/h4-6,9-16,21H,7-8,17-20,22-24H2,1-3H3. The lowest BCUT2D eigenvalue weighted by Crippen LogP contribution is -2.40. The fraction of sp³-hybridized carbons (Fsp3) is 0.375. The Morgan fingerprint density at radius 2 is 1.62 bits per heavy atom. The Labute approximate surface area is 242 Å². The van der Waals surface area contributed by atoms with Crippen LogP contribution in [0.25, 0.3) is 0 Å². The highest BCUT2D eigenvalue weighted by Crippen LogP contribution is 2.25. The van der Waals surface area contributed by atoms with Gasteiger partial charge in [0.1, 0.15) is 6.61 Å². The van der Waals surface area contributed by atoms with E-state index in [1.807, 2.05) is 89.5 Å². The molecule has 4 rings (SSSR count). The van der Waals surface area contributed by atoms with E-state index >= 15 is 0 Å². The first-order valence-corrected chi connectivity index (χ1v) is 14.1. The Morgan fingerprint density at radius 3 is 2.35 bits per heavy atom. The Morgan fingerprint density at radius 1 is 0.900 bits per heavy atom. The zero-order valence-corrected chi connectivity index (χ0v) is 24.4. The number of halogens is 1. The minimum atomic E-state index is -0.0900. The largest absolute Gasteiger partial charge is 0.378 e. The average molecular weight is 563 g/mol. The molecular formula is C32H39ClN4O3. The van der Waals surface area contributed by atoms with Gasteiger partial charge in [-0.25, -0.2) is 0 Å². The van der Waals surface area contributed by atoms with Crippen LogP contribution in [0.5, 0.6) is 0 Å². The second-order valence-electron chi connectivity index (χ2n) is 10.4. The molecule has 0 bridgehead atoms. The Balaban J connectivity index is 1.66. The lowest BCUT2D eigenvalue weighted by atomic mass is 10.1. The molecule has 1 heterocycles. The van der Waals surface area contributed by atoms with E-state index in [0.717, 1.165) is 54.4 Å². The summed E-state index contributed by atoms with van der Waals surface area (Å²) in [6.45, 7) is 4.01. The third-order valence-electron chi connectivity index (χ3n) is 7.19. The van der Waals surface area contributed by atoms with Crippen LogP contribution in [0.1, 0.15) is 34.3 Å².